The number of aromatic nitrogens is 2. The highest BCUT2D eigenvalue weighted by Crippen LogP contribution is 2.50. The molecule has 5 nitrogen and oxygen atoms in total. The highest BCUT2D eigenvalue weighted by molar-refractivity contribution is 5.89. The molecule has 94 valence electrons. The molecule has 0 aliphatic heterocycles. The molecule has 17 heavy (non-hydrogen) atoms. The number of hydrogen-bond donors (Lipinski definition) is 1. The molecule has 2 N–H and O–H groups in total. The lowest BCUT2D eigenvalue weighted by atomic mass is 9.70. The van der Waals surface area contributed by atoms with Crippen molar-refractivity contribution in [3.8, 4) is 0 Å². The minimum Gasteiger partial charge on any atom is -0.464 e. The van der Waals surface area contributed by atoms with E-state index in [1.165, 1.54) is 18.0 Å². The quantitative estimate of drug-likeness (QED) is 0.782. The van der Waals surface area contributed by atoms with Crippen molar-refractivity contribution in [2.24, 2.45) is 12.8 Å². The number of ether oxygens (including phenoxy) is 1. The number of rotatable bonds is 2. The number of carbonyl (C=O) groups excluding carboxylic acids is 1. The zero-order valence-corrected chi connectivity index (χ0v) is 9.54. The van der Waals surface area contributed by atoms with E-state index in [0.29, 0.717) is 5.56 Å². The predicted octanol–water partition coefficient (Wildman–Crippen LogP) is 0.790. The Hall–Kier alpha value is -1.50. The van der Waals surface area contributed by atoms with Crippen molar-refractivity contribution < 1.29 is 18.3 Å². The van der Waals surface area contributed by atoms with E-state index in [1.54, 1.807) is 7.05 Å². The molecule has 0 amide bonds. The summed E-state index contributed by atoms with van der Waals surface area (Å²) in [6.07, 6.45) is 0.535. The zero-order valence-electron chi connectivity index (χ0n) is 9.54. The van der Waals surface area contributed by atoms with Gasteiger partial charge < -0.3 is 10.5 Å². The molecule has 1 fully saturated rings. The van der Waals surface area contributed by atoms with Gasteiger partial charge in [-0.1, -0.05) is 0 Å². The maximum absolute atomic E-state index is 12.9. The number of alkyl halides is 2. The van der Waals surface area contributed by atoms with E-state index in [0.717, 1.165) is 0 Å². The standard InChI is InChI=1S/C10H13F2N3O2/c1-15-3-6(7(14-15)8(16)17-2)9(13)4-10(11,12)5-9/h3H,4-5,13H2,1-2H3. The Morgan fingerprint density at radius 1 is 1.59 bits per heavy atom. The Labute approximate surface area is 96.5 Å². The van der Waals surface area contributed by atoms with Gasteiger partial charge >= 0.3 is 5.97 Å². The fraction of sp³-hybridized carbons (Fsp3) is 0.600. The van der Waals surface area contributed by atoms with Crippen molar-refractivity contribution >= 4 is 5.97 Å². The summed E-state index contributed by atoms with van der Waals surface area (Å²) in [5, 5.41) is 3.89. The highest BCUT2D eigenvalue weighted by Gasteiger charge is 2.57. The molecular weight excluding hydrogens is 232 g/mol. The predicted molar refractivity (Wildman–Crippen MR) is 54.6 cm³/mol. The maximum Gasteiger partial charge on any atom is 0.358 e. The maximum atomic E-state index is 12.9. The molecular formula is C10H13F2N3O2. The molecule has 7 heteroatoms. The van der Waals surface area contributed by atoms with Gasteiger partial charge in [0, 0.05) is 31.6 Å². The number of carbonyl (C=O) groups is 1. The molecule has 0 bridgehead atoms. The van der Waals surface area contributed by atoms with Crippen LogP contribution in [0.1, 0.15) is 28.9 Å². The van der Waals surface area contributed by atoms with E-state index >= 15 is 0 Å². The van der Waals surface area contributed by atoms with E-state index in [2.05, 4.69) is 9.84 Å². The summed E-state index contributed by atoms with van der Waals surface area (Å²) in [6, 6.07) is 0. The van der Waals surface area contributed by atoms with Crippen molar-refractivity contribution in [3.63, 3.8) is 0 Å². The fourth-order valence-corrected chi connectivity index (χ4v) is 2.16. The van der Waals surface area contributed by atoms with Gasteiger partial charge in [-0.2, -0.15) is 5.10 Å². The summed E-state index contributed by atoms with van der Waals surface area (Å²) >= 11 is 0. The third-order valence-electron chi connectivity index (χ3n) is 2.89. The van der Waals surface area contributed by atoms with Crippen LogP contribution in [0.4, 0.5) is 8.78 Å². The molecule has 0 aromatic carbocycles. The van der Waals surface area contributed by atoms with E-state index < -0.39 is 30.3 Å². The van der Waals surface area contributed by atoms with Crippen LogP contribution in [0.2, 0.25) is 0 Å². The van der Waals surface area contributed by atoms with Crippen molar-refractivity contribution in [1.29, 1.82) is 0 Å². The number of halogens is 2. The van der Waals surface area contributed by atoms with Gasteiger partial charge in [-0.15, -0.1) is 0 Å². The molecule has 0 atom stereocenters. The third-order valence-corrected chi connectivity index (χ3v) is 2.89. The topological polar surface area (TPSA) is 70.1 Å². The number of esters is 1. The van der Waals surface area contributed by atoms with Gasteiger partial charge in [-0.05, 0) is 0 Å². The van der Waals surface area contributed by atoms with Crippen LogP contribution in [-0.2, 0) is 17.3 Å². The van der Waals surface area contributed by atoms with Gasteiger partial charge in [0.15, 0.2) is 5.69 Å². The SMILES string of the molecule is COC(=O)c1nn(C)cc1C1(N)CC(F)(F)C1. The average Bonchev–Trinajstić information content (AvgIpc) is 2.56. The highest BCUT2D eigenvalue weighted by atomic mass is 19.3. The normalized spacial score (nSPS) is 20.8. The minimum absolute atomic E-state index is 0.00741. The lowest BCUT2D eigenvalue weighted by Gasteiger charge is -2.44. The van der Waals surface area contributed by atoms with Gasteiger partial charge in [0.2, 0.25) is 0 Å². The van der Waals surface area contributed by atoms with Crippen LogP contribution in [-0.4, -0.2) is 28.8 Å². The molecule has 0 spiro atoms. The first kappa shape index (κ1) is 12.0. The number of nitrogens with two attached hydrogens (primary N) is 1. The minimum atomic E-state index is -2.77. The zero-order chi connectivity index (χ0) is 12.8. The molecule has 0 saturated heterocycles. The number of hydrogen-bond acceptors (Lipinski definition) is 4. The van der Waals surface area contributed by atoms with E-state index in [9.17, 15) is 13.6 Å². The smallest absolute Gasteiger partial charge is 0.358 e. The molecule has 2 rings (SSSR count). The van der Waals surface area contributed by atoms with Gasteiger partial charge in [0.05, 0.1) is 12.6 Å². The van der Waals surface area contributed by atoms with Crippen LogP contribution in [0.25, 0.3) is 0 Å². The Kier molecular flexibility index (Phi) is 2.46. The van der Waals surface area contributed by atoms with Gasteiger partial charge in [0.25, 0.3) is 5.92 Å². The lowest BCUT2D eigenvalue weighted by molar-refractivity contribution is -0.125. The summed E-state index contributed by atoms with van der Waals surface area (Å²) in [5.41, 5.74) is 5.00. The van der Waals surface area contributed by atoms with Gasteiger partial charge in [-0.3, -0.25) is 4.68 Å². The van der Waals surface area contributed by atoms with Crippen molar-refractivity contribution in [2.75, 3.05) is 7.11 Å². The molecule has 1 aromatic heterocycles. The van der Waals surface area contributed by atoms with E-state index in [4.69, 9.17) is 5.73 Å². The number of methoxy groups -OCH3 is 1. The fourth-order valence-electron chi connectivity index (χ4n) is 2.16. The second kappa shape index (κ2) is 3.49. The molecule has 1 heterocycles. The monoisotopic (exact) mass is 245 g/mol. The van der Waals surface area contributed by atoms with E-state index in [1.807, 2.05) is 0 Å². The van der Waals surface area contributed by atoms with Crippen LogP contribution in [0.3, 0.4) is 0 Å². The Balaban J connectivity index is 2.36. The van der Waals surface area contributed by atoms with Gasteiger partial charge in [0.1, 0.15) is 0 Å². The number of nitrogens with zero attached hydrogens (tertiary/aromatic N) is 2. The summed E-state index contributed by atoms with van der Waals surface area (Å²) in [6.45, 7) is 0. The Morgan fingerprint density at radius 3 is 2.65 bits per heavy atom. The largest absolute Gasteiger partial charge is 0.464 e. The van der Waals surface area contributed by atoms with Crippen LogP contribution >= 0.6 is 0 Å². The van der Waals surface area contributed by atoms with E-state index in [-0.39, 0.29) is 5.69 Å². The van der Waals surface area contributed by atoms with Crippen LogP contribution < -0.4 is 5.73 Å². The van der Waals surface area contributed by atoms with Crippen LogP contribution in [0.15, 0.2) is 6.20 Å². The van der Waals surface area contributed by atoms with Gasteiger partial charge in [-0.25, -0.2) is 13.6 Å². The summed E-state index contributed by atoms with van der Waals surface area (Å²) < 4.78 is 31.8. The Bertz CT molecular complexity index is 462. The van der Waals surface area contributed by atoms with Crippen molar-refractivity contribution in [1.82, 2.24) is 9.78 Å². The molecule has 1 aromatic rings. The average molecular weight is 245 g/mol. The lowest BCUT2D eigenvalue weighted by Crippen LogP contribution is -2.55. The van der Waals surface area contributed by atoms with Crippen molar-refractivity contribution in [3.05, 3.63) is 17.5 Å². The molecule has 0 unspecified atom stereocenters. The van der Waals surface area contributed by atoms with Crippen LogP contribution in [0.5, 0.6) is 0 Å². The first-order valence-corrected chi connectivity index (χ1v) is 5.07. The molecule has 0 radical (unpaired) electrons. The molecule has 1 aliphatic carbocycles. The van der Waals surface area contributed by atoms with Crippen LogP contribution in [0, 0.1) is 0 Å². The third kappa shape index (κ3) is 1.90. The second-order valence-corrected chi connectivity index (χ2v) is 4.42. The summed E-state index contributed by atoms with van der Waals surface area (Å²) in [5.74, 6) is -3.43. The number of aryl methyl sites for hydroxylation is 1. The first-order chi connectivity index (χ1) is 7.77. The summed E-state index contributed by atoms with van der Waals surface area (Å²) in [7, 11) is 2.80. The molecule has 1 saturated carbocycles. The first-order valence-electron chi connectivity index (χ1n) is 5.07. The Morgan fingerprint density at radius 2 is 2.18 bits per heavy atom. The second-order valence-electron chi connectivity index (χ2n) is 4.42. The molecule has 1 aliphatic rings. The van der Waals surface area contributed by atoms with Crippen molar-refractivity contribution in [2.45, 2.75) is 24.3 Å². The summed E-state index contributed by atoms with van der Waals surface area (Å²) in [4.78, 5) is 11.5.